The number of imide groups is 1. The average Bonchev–Trinajstić information content (AvgIpc) is 3.26. The number of thiazole rings is 1. The van der Waals surface area contributed by atoms with Gasteiger partial charge in [-0.05, 0) is 19.1 Å². The Kier molecular flexibility index (Phi) is 5.47. The number of benzene rings is 1. The van der Waals surface area contributed by atoms with Crippen molar-refractivity contribution in [1.82, 2.24) is 15.2 Å². The Bertz CT molecular complexity index is 835. The molecule has 1 aliphatic heterocycles. The lowest BCUT2D eigenvalue weighted by molar-refractivity contribution is -0.130. The molecule has 2 aromatic rings. The van der Waals surface area contributed by atoms with Gasteiger partial charge in [0.05, 0.1) is 10.7 Å². The molecule has 0 atom stereocenters. The van der Waals surface area contributed by atoms with Gasteiger partial charge >= 0.3 is 12.0 Å². The van der Waals surface area contributed by atoms with Gasteiger partial charge in [0.15, 0.2) is 6.61 Å². The second-order valence-corrected chi connectivity index (χ2v) is 6.56. The molecular formula is C17H17N3O5S. The molecule has 0 radical (unpaired) electrons. The molecule has 9 heteroatoms. The molecule has 1 N–H and O–H groups in total. The van der Waals surface area contributed by atoms with E-state index in [1.54, 1.807) is 24.3 Å². The van der Waals surface area contributed by atoms with Crippen molar-refractivity contribution in [3.05, 3.63) is 45.9 Å². The first kappa shape index (κ1) is 17.9. The van der Waals surface area contributed by atoms with Crippen molar-refractivity contribution in [2.75, 3.05) is 19.7 Å². The predicted octanol–water partition coefficient (Wildman–Crippen LogP) is 1.74. The Balaban J connectivity index is 1.60. The summed E-state index contributed by atoms with van der Waals surface area (Å²) in [5, 5.41) is 5.33. The van der Waals surface area contributed by atoms with Crippen LogP contribution in [0.5, 0.6) is 5.75 Å². The van der Waals surface area contributed by atoms with Crippen LogP contribution in [0, 0.1) is 6.92 Å². The Labute approximate surface area is 153 Å². The first-order chi connectivity index (χ1) is 12.5. The van der Waals surface area contributed by atoms with Crippen LogP contribution in [-0.2, 0) is 16.1 Å². The lowest BCUT2D eigenvalue weighted by atomic mass is 10.2. The molecule has 0 spiro atoms. The number of para-hydroxylation sites is 1. The number of esters is 1. The number of aryl methyl sites for hydroxylation is 1. The number of aromatic nitrogens is 1. The van der Waals surface area contributed by atoms with Crippen molar-refractivity contribution >= 4 is 29.2 Å². The summed E-state index contributed by atoms with van der Waals surface area (Å²) in [7, 11) is 0. The van der Waals surface area contributed by atoms with Crippen LogP contribution in [0.15, 0.2) is 29.6 Å². The quantitative estimate of drug-likeness (QED) is 0.773. The van der Waals surface area contributed by atoms with E-state index in [1.165, 1.54) is 11.3 Å². The monoisotopic (exact) mass is 375 g/mol. The van der Waals surface area contributed by atoms with Gasteiger partial charge in [0.25, 0.3) is 5.91 Å². The number of amides is 3. The van der Waals surface area contributed by atoms with Crippen LogP contribution in [0.25, 0.3) is 0 Å². The fourth-order valence-electron chi connectivity index (χ4n) is 2.38. The van der Waals surface area contributed by atoms with Crippen LogP contribution in [0.3, 0.4) is 0 Å². The largest absolute Gasteiger partial charge is 0.486 e. The Morgan fingerprint density at radius 2 is 2.15 bits per heavy atom. The summed E-state index contributed by atoms with van der Waals surface area (Å²) in [4.78, 5) is 41.0. The van der Waals surface area contributed by atoms with Crippen LogP contribution >= 0.6 is 11.3 Å². The number of hydrogen-bond acceptors (Lipinski definition) is 7. The van der Waals surface area contributed by atoms with E-state index in [1.807, 2.05) is 12.3 Å². The Morgan fingerprint density at radius 3 is 2.85 bits per heavy atom. The van der Waals surface area contributed by atoms with Gasteiger partial charge < -0.3 is 14.8 Å². The lowest BCUT2D eigenvalue weighted by Crippen LogP contribution is -2.37. The van der Waals surface area contributed by atoms with E-state index in [-0.39, 0.29) is 18.7 Å². The molecule has 2 heterocycles. The number of ether oxygens (including phenoxy) is 2. The van der Waals surface area contributed by atoms with Gasteiger partial charge in [0.1, 0.15) is 17.9 Å². The SMILES string of the molecule is Cc1nc(COc2ccccc2C(=O)OCC(=O)N2CCNC2=O)cs1. The number of hydrogen-bond donors (Lipinski definition) is 1. The average molecular weight is 375 g/mol. The molecule has 1 aromatic carbocycles. The van der Waals surface area contributed by atoms with Crippen molar-refractivity contribution in [3.8, 4) is 5.75 Å². The zero-order chi connectivity index (χ0) is 18.5. The van der Waals surface area contributed by atoms with Gasteiger partial charge in [-0.3, -0.25) is 9.69 Å². The topological polar surface area (TPSA) is 97.8 Å². The minimum Gasteiger partial charge on any atom is -0.486 e. The summed E-state index contributed by atoms with van der Waals surface area (Å²) in [6, 6.07) is 6.13. The molecule has 3 rings (SSSR count). The summed E-state index contributed by atoms with van der Waals surface area (Å²) in [6.07, 6.45) is 0. The van der Waals surface area contributed by atoms with Gasteiger partial charge in [0, 0.05) is 18.5 Å². The molecule has 0 saturated carbocycles. The molecule has 0 unspecified atom stereocenters. The minimum absolute atomic E-state index is 0.207. The highest BCUT2D eigenvalue weighted by molar-refractivity contribution is 7.09. The van der Waals surface area contributed by atoms with Crippen LogP contribution in [0.4, 0.5) is 4.79 Å². The first-order valence-corrected chi connectivity index (χ1v) is 8.80. The van der Waals surface area contributed by atoms with Crippen molar-refractivity contribution in [3.63, 3.8) is 0 Å². The van der Waals surface area contributed by atoms with Crippen molar-refractivity contribution in [2.45, 2.75) is 13.5 Å². The van der Waals surface area contributed by atoms with Crippen LogP contribution < -0.4 is 10.1 Å². The zero-order valence-corrected chi connectivity index (χ0v) is 14.9. The van der Waals surface area contributed by atoms with Gasteiger partial charge in [-0.1, -0.05) is 12.1 Å². The summed E-state index contributed by atoms with van der Waals surface area (Å²) >= 11 is 1.52. The highest BCUT2D eigenvalue weighted by Gasteiger charge is 2.27. The second kappa shape index (κ2) is 7.96. The van der Waals surface area contributed by atoms with Crippen molar-refractivity contribution in [1.29, 1.82) is 0 Å². The molecule has 1 saturated heterocycles. The maximum Gasteiger partial charge on any atom is 0.342 e. The number of carbonyl (C=O) groups excluding carboxylic acids is 3. The first-order valence-electron chi connectivity index (χ1n) is 7.93. The van der Waals surface area contributed by atoms with Crippen molar-refractivity contribution < 1.29 is 23.9 Å². The Hall–Kier alpha value is -2.94. The Morgan fingerprint density at radius 1 is 1.35 bits per heavy atom. The number of nitrogens with one attached hydrogen (secondary N) is 1. The molecule has 0 bridgehead atoms. The molecule has 1 fully saturated rings. The zero-order valence-electron chi connectivity index (χ0n) is 14.1. The maximum atomic E-state index is 12.3. The smallest absolute Gasteiger partial charge is 0.342 e. The maximum absolute atomic E-state index is 12.3. The highest BCUT2D eigenvalue weighted by Crippen LogP contribution is 2.21. The molecular weight excluding hydrogens is 358 g/mol. The van der Waals surface area contributed by atoms with E-state index >= 15 is 0 Å². The number of rotatable bonds is 6. The van der Waals surface area contributed by atoms with E-state index in [9.17, 15) is 14.4 Å². The molecule has 3 amide bonds. The van der Waals surface area contributed by atoms with Crippen molar-refractivity contribution in [2.24, 2.45) is 0 Å². The summed E-state index contributed by atoms with van der Waals surface area (Å²) in [5.74, 6) is -0.915. The molecule has 26 heavy (non-hydrogen) atoms. The van der Waals surface area contributed by atoms with Gasteiger partial charge in [0.2, 0.25) is 0 Å². The number of carbonyl (C=O) groups is 3. The minimum atomic E-state index is -0.692. The third kappa shape index (κ3) is 4.17. The molecule has 0 aliphatic carbocycles. The van der Waals surface area contributed by atoms with Gasteiger partial charge in [-0.25, -0.2) is 14.6 Å². The summed E-state index contributed by atoms with van der Waals surface area (Å²) < 4.78 is 10.7. The third-order valence-corrected chi connectivity index (χ3v) is 4.46. The fraction of sp³-hybridized carbons (Fsp3) is 0.294. The normalized spacial score (nSPS) is 13.4. The standard InChI is InChI=1S/C17H17N3O5S/c1-11-19-12(10-26-11)8-24-14-5-3-2-4-13(14)16(22)25-9-15(21)20-7-6-18-17(20)23/h2-5,10H,6-9H2,1H3,(H,18,23). The number of urea groups is 1. The van der Waals surface area contributed by atoms with E-state index in [0.29, 0.717) is 12.3 Å². The van der Waals surface area contributed by atoms with Crippen LogP contribution in [-0.4, -0.2) is 47.5 Å². The van der Waals surface area contributed by atoms with E-state index in [4.69, 9.17) is 9.47 Å². The van der Waals surface area contributed by atoms with E-state index in [0.717, 1.165) is 15.6 Å². The van der Waals surface area contributed by atoms with E-state index < -0.39 is 24.5 Å². The lowest BCUT2D eigenvalue weighted by Gasteiger charge is -2.13. The number of nitrogens with zero attached hydrogens (tertiary/aromatic N) is 2. The summed E-state index contributed by atoms with van der Waals surface area (Å²) in [6.45, 7) is 2.28. The van der Waals surface area contributed by atoms with Crippen LogP contribution in [0.1, 0.15) is 21.1 Å². The highest BCUT2D eigenvalue weighted by atomic mass is 32.1. The predicted molar refractivity (Wildman–Crippen MR) is 93.0 cm³/mol. The van der Waals surface area contributed by atoms with Crippen LogP contribution in [0.2, 0.25) is 0 Å². The molecule has 8 nitrogen and oxygen atoms in total. The molecule has 1 aromatic heterocycles. The summed E-state index contributed by atoms with van der Waals surface area (Å²) in [5.41, 5.74) is 0.976. The van der Waals surface area contributed by atoms with E-state index in [2.05, 4.69) is 10.3 Å². The fourth-order valence-corrected chi connectivity index (χ4v) is 2.98. The van der Waals surface area contributed by atoms with Gasteiger partial charge in [-0.15, -0.1) is 11.3 Å². The molecule has 1 aliphatic rings. The second-order valence-electron chi connectivity index (χ2n) is 5.50. The molecule has 136 valence electrons. The van der Waals surface area contributed by atoms with Gasteiger partial charge in [-0.2, -0.15) is 0 Å². The third-order valence-electron chi connectivity index (χ3n) is 3.63.